The molecule has 1 heterocycles. The lowest BCUT2D eigenvalue weighted by atomic mass is 10.2. The van der Waals surface area contributed by atoms with E-state index in [-0.39, 0.29) is 12.4 Å². The Hall–Kier alpha value is -0.890. The average molecular weight is 199 g/mol. The molecule has 0 aromatic heterocycles. The number of rotatable bonds is 1. The summed E-state index contributed by atoms with van der Waals surface area (Å²) in [6.45, 7) is 2.40. The third-order valence-electron chi connectivity index (χ3n) is 2.36. The summed E-state index contributed by atoms with van der Waals surface area (Å²) in [6.07, 6.45) is 2.65. The lowest BCUT2D eigenvalue weighted by molar-refractivity contribution is 0.949. The van der Waals surface area contributed by atoms with Gasteiger partial charge < -0.3 is 10.6 Å². The zero-order valence-electron chi connectivity index (χ0n) is 7.57. The number of halogens is 1. The van der Waals surface area contributed by atoms with Gasteiger partial charge in [-0.05, 0) is 37.1 Å². The maximum atomic E-state index is 5.61. The standard InChI is InChI=1S/C10H14N2.ClH/c11-9-3-5-10(6-4-9)12-7-1-2-8-12;/h3-6H,1-2,7-8,11H2;1H. The van der Waals surface area contributed by atoms with Crippen LogP contribution in [-0.2, 0) is 0 Å². The van der Waals surface area contributed by atoms with Crippen molar-refractivity contribution in [3.63, 3.8) is 0 Å². The van der Waals surface area contributed by atoms with Crippen molar-refractivity contribution in [1.29, 1.82) is 0 Å². The van der Waals surface area contributed by atoms with Crippen molar-refractivity contribution in [3.05, 3.63) is 24.3 Å². The lowest BCUT2D eigenvalue weighted by Gasteiger charge is -2.17. The molecule has 0 bridgehead atoms. The van der Waals surface area contributed by atoms with Gasteiger partial charge in [0.05, 0.1) is 0 Å². The minimum atomic E-state index is 0. The molecule has 3 heteroatoms. The largest absolute Gasteiger partial charge is 0.399 e. The van der Waals surface area contributed by atoms with Gasteiger partial charge in [-0.2, -0.15) is 0 Å². The summed E-state index contributed by atoms with van der Waals surface area (Å²) in [5.41, 5.74) is 7.76. The van der Waals surface area contributed by atoms with E-state index < -0.39 is 0 Å². The van der Waals surface area contributed by atoms with E-state index in [9.17, 15) is 0 Å². The van der Waals surface area contributed by atoms with E-state index in [0.29, 0.717) is 0 Å². The van der Waals surface area contributed by atoms with E-state index in [4.69, 9.17) is 5.73 Å². The highest BCUT2D eigenvalue weighted by atomic mass is 35.5. The van der Waals surface area contributed by atoms with E-state index in [2.05, 4.69) is 17.0 Å². The van der Waals surface area contributed by atoms with E-state index >= 15 is 0 Å². The SMILES string of the molecule is Cl.Nc1ccc(N2CCCC2)cc1. The first-order valence-electron chi connectivity index (χ1n) is 4.47. The summed E-state index contributed by atoms with van der Waals surface area (Å²) in [5, 5.41) is 0. The first-order valence-corrected chi connectivity index (χ1v) is 4.47. The van der Waals surface area contributed by atoms with Gasteiger partial charge in [0.2, 0.25) is 0 Å². The molecule has 1 fully saturated rings. The number of hydrogen-bond acceptors (Lipinski definition) is 2. The van der Waals surface area contributed by atoms with Crippen molar-refractivity contribution < 1.29 is 0 Å². The van der Waals surface area contributed by atoms with Gasteiger partial charge >= 0.3 is 0 Å². The van der Waals surface area contributed by atoms with Crippen LogP contribution in [0.4, 0.5) is 11.4 Å². The number of nitrogens with two attached hydrogens (primary N) is 1. The average Bonchev–Trinajstić information content (AvgIpc) is 2.58. The van der Waals surface area contributed by atoms with Crippen LogP contribution >= 0.6 is 12.4 Å². The maximum Gasteiger partial charge on any atom is 0.0367 e. The zero-order valence-corrected chi connectivity index (χ0v) is 8.39. The van der Waals surface area contributed by atoms with Crippen molar-refractivity contribution in [2.75, 3.05) is 23.7 Å². The lowest BCUT2D eigenvalue weighted by Crippen LogP contribution is -2.17. The molecular formula is C10H15ClN2. The molecule has 13 heavy (non-hydrogen) atoms. The predicted molar refractivity (Wildman–Crippen MR) is 59.5 cm³/mol. The van der Waals surface area contributed by atoms with Gasteiger partial charge in [-0.3, -0.25) is 0 Å². The predicted octanol–water partition coefficient (Wildman–Crippen LogP) is 2.29. The summed E-state index contributed by atoms with van der Waals surface area (Å²) in [5.74, 6) is 0. The summed E-state index contributed by atoms with van der Waals surface area (Å²) in [6, 6.07) is 8.13. The number of benzene rings is 1. The summed E-state index contributed by atoms with van der Waals surface area (Å²) in [4.78, 5) is 2.40. The molecule has 1 aromatic rings. The third kappa shape index (κ3) is 2.28. The van der Waals surface area contributed by atoms with E-state index in [1.165, 1.54) is 31.6 Å². The van der Waals surface area contributed by atoms with Crippen LogP contribution in [0, 0.1) is 0 Å². The molecule has 0 spiro atoms. The van der Waals surface area contributed by atoms with Crippen LogP contribution in [0.15, 0.2) is 24.3 Å². The highest BCUT2D eigenvalue weighted by Gasteiger charge is 2.11. The minimum absolute atomic E-state index is 0. The maximum absolute atomic E-state index is 5.61. The molecule has 0 aliphatic carbocycles. The van der Waals surface area contributed by atoms with Crippen molar-refractivity contribution in [2.24, 2.45) is 0 Å². The number of anilines is 2. The molecule has 0 radical (unpaired) electrons. The Balaban J connectivity index is 0.000000845. The fourth-order valence-corrected chi connectivity index (χ4v) is 1.66. The van der Waals surface area contributed by atoms with Gasteiger partial charge in [-0.15, -0.1) is 12.4 Å². The monoisotopic (exact) mass is 198 g/mol. The third-order valence-corrected chi connectivity index (χ3v) is 2.36. The molecule has 0 saturated carbocycles. The highest BCUT2D eigenvalue weighted by molar-refractivity contribution is 5.85. The number of nitrogens with zero attached hydrogens (tertiary/aromatic N) is 1. The second-order valence-electron chi connectivity index (χ2n) is 3.29. The first-order chi connectivity index (χ1) is 5.86. The second kappa shape index (κ2) is 4.38. The Kier molecular flexibility index (Phi) is 3.43. The number of hydrogen-bond donors (Lipinski definition) is 1. The Morgan fingerprint density at radius 3 is 2.08 bits per heavy atom. The van der Waals surface area contributed by atoms with Gasteiger partial charge in [-0.1, -0.05) is 0 Å². The fourth-order valence-electron chi connectivity index (χ4n) is 1.66. The van der Waals surface area contributed by atoms with Gasteiger partial charge in [-0.25, -0.2) is 0 Å². The molecule has 0 atom stereocenters. The fraction of sp³-hybridized carbons (Fsp3) is 0.400. The Bertz CT molecular complexity index is 252. The van der Waals surface area contributed by atoms with Crippen LogP contribution in [0.3, 0.4) is 0 Å². The van der Waals surface area contributed by atoms with Crippen LogP contribution in [0.25, 0.3) is 0 Å². The van der Waals surface area contributed by atoms with Crippen molar-refractivity contribution >= 4 is 23.8 Å². The summed E-state index contributed by atoms with van der Waals surface area (Å²) >= 11 is 0. The van der Waals surface area contributed by atoms with Gasteiger partial charge in [0, 0.05) is 24.5 Å². The first kappa shape index (κ1) is 10.2. The van der Waals surface area contributed by atoms with Crippen molar-refractivity contribution in [2.45, 2.75) is 12.8 Å². The van der Waals surface area contributed by atoms with Gasteiger partial charge in [0.15, 0.2) is 0 Å². The quantitative estimate of drug-likeness (QED) is 0.702. The van der Waals surface area contributed by atoms with Gasteiger partial charge in [0.1, 0.15) is 0 Å². The zero-order chi connectivity index (χ0) is 8.39. The van der Waals surface area contributed by atoms with Crippen molar-refractivity contribution in [3.8, 4) is 0 Å². The molecule has 0 amide bonds. The molecule has 0 unspecified atom stereocenters. The highest BCUT2D eigenvalue weighted by Crippen LogP contribution is 2.20. The minimum Gasteiger partial charge on any atom is -0.399 e. The molecular weight excluding hydrogens is 184 g/mol. The van der Waals surface area contributed by atoms with Crippen LogP contribution in [0.2, 0.25) is 0 Å². The molecule has 1 aliphatic rings. The normalized spacial score (nSPS) is 15.5. The topological polar surface area (TPSA) is 29.3 Å². The molecule has 2 rings (SSSR count). The van der Waals surface area contributed by atoms with E-state index in [1.807, 2.05) is 12.1 Å². The molecule has 1 aliphatic heterocycles. The van der Waals surface area contributed by atoms with Crippen LogP contribution in [-0.4, -0.2) is 13.1 Å². The van der Waals surface area contributed by atoms with Crippen LogP contribution < -0.4 is 10.6 Å². The van der Waals surface area contributed by atoms with E-state index in [1.54, 1.807) is 0 Å². The summed E-state index contributed by atoms with van der Waals surface area (Å²) in [7, 11) is 0. The van der Waals surface area contributed by atoms with Gasteiger partial charge in [0.25, 0.3) is 0 Å². The number of nitrogen functional groups attached to an aromatic ring is 1. The van der Waals surface area contributed by atoms with E-state index in [0.717, 1.165) is 5.69 Å². The Morgan fingerprint density at radius 2 is 1.54 bits per heavy atom. The smallest absolute Gasteiger partial charge is 0.0367 e. The molecule has 1 saturated heterocycles. The van der Waals surface area contributed by atoms with Crippen molar-refractivity contribution in [1.82, 2.24) is 0 Å². The van der Waals surface area contributed by atoms with Crippen LogP contribution in [0.1, 0.15) is 12.8 Å². The molecule has 72 valence electrons. The Labute approximate surface area is 85.1 Å². The molecule has 1 aromatic carbocycles. The Morgan fingerprint density at radius 1 is 1.00 bits per heavy atom. The molecule has 2 nitrogen and oxygen atoms in total. The van der Waals surface area contributed by atoms with Crippen LogP contribution in [0.5, 0.6) is 0 Å². The summed E-state index contributed by atoms with van der Waals surface area (Å²) < 4.78 is 0. The second-order valence-corrected chi connectivity index (χ2v) is 3.29. The molecule has 2 N–H and O–H groups in total.